The minimum absolute atomic E-state index is 0.352. The van der Waals surface area contributed by atoms with Crippen molar-refractivity contribution in [1.29, 1.82) is 0 Å². The zero-order valence-electron chi connectivity index (χ0n) is 16.8. The number of amides is 4. The number of halogens is 2. The van der Waals surface area contributed by atoms with Crippen molar-refractivity contribution >= 4 is 35.1 Å². The number of benzene rings is 2. The highest BCUT2D eigenvalue weighted by molar-refractivity contribution is 6.31. The van der Waals surface area contributed by atoms with Gasteiger partial charge in [-0.15, -0.1) is 0 Å². The smallest absolute Gasteiger partial charge is 0.324 e. The second kappa shape index (κ2) is 8.83. The van der Waals surface area contributed by atoms with E-state index in [9.17, 15) is 18.8 Å². The van der Waals surface area contributed by atoms with Gasteiger partial charge in [-0.2, -0.15) is 0 Å². The lowest BCUT2D eigenvalue weighted by atomic mass is 9.85. The first-order valence-corrected chi connectivity index (χ1v) is 10.1. The number of nitrogens with zero attached hydrogens (tertiary/aromatic N) is 1. The van der Waals surface area contributed by atoms with Crippen LogP contribution < -0.4 is 10.6 Å². The number of imide groups is 1. The van der Waals surface area contributed by atoms with Crippen molar-refractivity contribution in [1.82, 2.24) is 10.2 Å². The van der Waals surface area contributed by atoms with E-state index in [1.54, 1.807) is 18.2 Å². The number of aryl methyl sites for hydroxylation is 1. The van der Waals surface area contributed by atoms with Crippen molar-refractivity contribution in [2.24, 2.45) is 0 Å². The minimum Gasteiger partial charge on any atom is -0.324 e. The molecule has 2 N–H and O–H groups in total. The second-order valence-corrected chi connectivity index (χ2v) is 7.78. The van der Waals surface area contributed by atoms with Crippen LogP contribution in [0.2, 0.25) is 5.02 Å². The van der Waals surface area contributed by atoms with E-state index >= 15 is 0 Å². The van der Waals surface area contributed by atoms with Crippen molar-refractivity contribution in [3.63, 3.8) is 0 Å². The first kappa shape index (κ1) is 21.8. The summed E-state index contributed by atoms with van der Waals surface area (Å²) in [7, 11) is 0. The van der Waals surface area contributed by atoms with Crippen molar-refractivity contribution < 1.29 is 18.8 Å². The van der Waals surface area contributed by atoms with E-state index in [2.05, 4.69) is 10.6 Å². The molecular formula is C22H23ClFN3O3. The molecule has 1 atom stereocenters. The van der Waals surface area contributed by atoms with Gasteiger partial charge < -0.3 is 10.6 Å². The molecule has 1 heterocycles. The van der Waals surface area contributed by atoms with E-state index in [1.165, 1.54) is 24.3 Å². The van der Waals surface area contributed by atoms with Crippen LogP contribution in [0.25, 0.3) is 0 Å². The zero-order chi connectivity index (χ0) is 21.9. The molecule has 158 valence electrons. The molecule has 0 saturated carbocycles. The molecule has 0 spiro atoms. The normalized spacial score (nSPS) is 18.5. The molecule has 1 fully saturated rings. The Hall–Kier alpha value is -2.93. The first-order valence-electron chi connectivity index (χ1n) is 9.73. The van der Waals surface area contributed by atoms with Gasteiger partial charge in [0.1, 0.15) is 17.9 Å². The van der Waals surface area contributed by atoms with Gasteiger partial charge in [0.15, 0.2) is 0 Å². The van der Waals surface area contributed by atoms with Gasteiger partial charge >= 0.3 is 6.03 Å². The first-order chi connectivity index (χ1) is 14.3. The topological polar surface area (TPSA) is 78.5 Å². The molecule has 0 radical (unpaired) electrons. The summed E-state index contributed by atoms with van der Waals surface area (Å²) in [5.41, 5.74) is 0.487. The highest BCUT2D eigenvalue weighted by Gasteiger charge is 2.52. The van der Waals surface area contributed by atoms with E-state index < -0.39 is 35.7 Å². The molecule has 8 heteroatoms. The third-order valence-corrected chi connectivity index (χ3v) is 5.43. The van der Waals surface area contributed by atoms with Crippen molar-refractivity contribution in [3.8, 4) is 0 Å². The predicted molar refractivity (Wildman–Crippen MR) is 113 cm³/mol. The van der Waals surface area contributed by atoms with Gasteiger partial charge in [0.2, 0.25) is 5.91 Å². The van der Waals surface area contributed by atoms with E-state index in [0.717, 1.165) is 16.9 Å². The van der Waals surface area contributed by atoms with Crippen LogP contribution in [-0.2, 0) is 15.1 Å². The predicted octanol–water partition coefficient (Wildman–Crippen LogP) is 4.36. The summed E-state index contributed by atoms with van der Waals surface area (Å²) in [6.45, 7) is 3.34. The standard InChI is InChI=1S/C22H23ClFN3O3/c1-3-4-11-22(15-6-9-17(24)10-7-15)20(29)27(21(30)26-22)13-19(28)25-18-12-16(23)8-5-14(18)2/h5-10,12H,3-4,11,13H2,1-2H3,(H,25,28)(H,26,30). The molecular weight excluding hydrogens is 409 g/mol. The Morgan fingerprint density at radius 2 is 1.90 bits per heavy atom. The van der Waals surface area contributed by atoms with Crippen LogP contribution in [-0.4, -0.2) is 29.3 Å². The Morgan fingerprint density at radius 3 is 2.57 bits per heavy atom. The number of urea groups is 1. The Kier molecular flexibility index (Phi) is 6.41. The summed E-state index contributed by atoms with van der Waals surface area (Å²) in [6, 6.07) is 9.89. The number of hydrogen-bond donors (Lipinski definition) is 2. The molecule has 1 saturated heterocycles. The Balaban J connectivity index is 1.83. The third kappa shape index (κ3) is 4.31. The van der Waals surface area contributed by atoms with Gasteiger partial charge in [-0.1, -0.05) is 49.6 Å². The summed E-state index contributed by atoms with van der Waals surface area (Å²) in [6.07, 6.45) is 1.83. The number of nitrogens with one attached hydrogen (secondary N) is 2. The SMILES string of the molecule is CCCCC1(c2ccc(F)cc2)NC(=O)N(CC(=O)Nc2cc(Cl)ccc2C)C1=O. The molecule has 1 aliphatic heterocycles. The van der Waals surface area contributed by atoms with Crippen LogP contribution >= 0.6 is 11.6 Å². The maximum atomic E-state index is 13.4. The monoisotopic (exact) mass is 431 g/mol. The Morgan fingerprint density at radius 1 is 1.20 bits per heavy atom. The quantitative estimate of drug-likeness (QED) is 0.639. The lowest BCUT2D eigenvalue weighted by Gasteiger charge is -2.27. The minimum atomic E-state index is -1.31. The molecule has 3 rings (SSSR count). The molecule has 0 bridgehead atoms. The van der Waals surface area contributed by atoms with Crippen LogP contribution in [0, 0.1) is 12.7 Å². The number of carbonyl (C=O) groups excluding carboxylic acids is 3. The molecule has 30 heavy (non-hydrogen) atoms. The molecule has 2 aromatic carbocycles. The molecule has 0 aromatic heterocycles. The van der Waals surface area contributed by atoms with E-state index in [4.69, 9.17) is 11.6 Å². The van der Waals surface area contributed by atoms with E-state index in [1.807, 2.05) is 13.8 Å². The molecule has 1 unspecified atom stereocenters. The van der Waals surface area contributed by atoms with E-state index in [0.29, 0.717) is 29.1 Å². The van der Waals surface area contributed by atoms with Crippen molar-refractivity contribution in [2.45, 2.75) is 38.6 Å². The molecule has 2 aromatic rings. The number of rotatable bonds is 7. The maximum absolute atomic E-state index is 13.4. The summed E-state index contributed by atoms with van der Waals surface area (Å²) >= 11 is 5.98. The van der Waals surface area contributed by atoms with Gasteiger partial charge in [0.25, 0.3) is 5.91 Å². The number of hydrogen-bond acceptors (Lipinski definition) is 3. The number of unbranched alkanes of at least 4 members (excludes halogenated alkanes) is 1. The number of anilines is 1. The van der Waals surface area contributed by atoms with Crippen LogP contribution in [0.15, 0.2) is 42.5 Å². The van der Waals surface area contributed by atoms with Crippen molar-refractivity contribution in [2.75, 3.05) is 11.9 Å². The van der Waals surface area contributed by atoms with Gasteiger partial charge in [0.05, 0.1) is 0 Å². The second-order valence-electron chi connectivity index (χ2n) is 7.34. The average molecular weight is 432 g/mol. The summed E-state index contributed by atoms with van der Waals surface area (Å²) in [5.74, 6) is -1.48. The van der Waals surface area contributed by atoms with Crippen LogP contribution in [0.1, 0.15) is 37.3 Å². The van der Waals surface area contributed by atoms with Gasteiger partial charge in [-0.05, 0) is 48.7 Å². The van der Waals surface area contributed by atoms with Crippen molar-refractivity contribution in [3.05, 3.63) is 64.4 Å². The Bertz CT molecular complexity index is 980. The Labute approximate surface area is 179 Å². The molecule has 6 nitrogen and oxygen atoms in total. The largest absolute Gasteiger partial charge is 0.325 e. The van der Waals surface area contributed by atoms with Crippen LogP contribution in [0.3, 0.4) is 0 Å². The van der Waals surface area contributed by atoms with Gasteiger partial charge in [-0.25, -0.2) is 9.18 Å². The number of carbonyl (C=O) groups is 3. The highest BCUT2D eigenvalue weighted by atomic mass is 35.5. The summed E-state index contributed by atoms with van der Waals surface area (Å²) < 4.78 is 13.4. The molecule has 4 amide bonds. The lowest BCUT2D eigenvalue weighted by Crippen LogP contribution is -2.44. The third-order valence-electron chi connectivity index (χ3n) is 5.19. The summed E-state index contributed by atoms with van der Waals surface area (Å²) in [5, 5.41) is 5.89. The fourth-order valence-corrected chi connectivity index (χ4v) is 3.69. The average Bonchev–Trinajstić information content (AvgIpc) is 2.95. The zero-order valence-corrected chi connectivity index (χ0v) is 17.6. The van der Waals surface area contributed by atoms with Gasteiger partial charge in [0, 0.05) is 10.7 Å². The fourth-order valence-electron chi connectivity index (χ4n) is 3.52. The molecule has 0 aliphatic carbocycles. The maximum Gasteiger partial charge on any atom is 0.325 e. The highest BCUT2D eigenvalue weighted by Crippen LogP contribution is 2.34. The van der Waals surface area contributed by atoms with E-state index in [-0.39, 0.29) is 0 Å². The van der Waals surface area contributed by atoms with Crippen LogP contribution in [0.5, 0.6) is 0 Å². The van der Waals surface area contributed by atoms with Gasteiger partial charge in [-0.3, -0.25) is 14.5 Å². The van der Waals surface area contributed by atoms with Crippen LogP contribution in [0.4, 0.5) is 14.9 Å². The summed E-state index contributed by atoms with van der Waals surface area (Å²) in [4.78, 5) is 39.4. The molecule has 1 aliphatic rings. The lowest BCUT2D eigenvalue weighted by molar-refractivity contribution is -0.134. The fraction of sp³-hybridized carbons (Fsp3) is 0.318.